The maximum atomic E-state index is 11.9. The Morgan fingerprint density at radius 3 is 2.76 bits per heavy atom. The standard InChI is InChI=1S/C12H24N2O3/c1-9(2)17-11-6-10(8-16-3)14(7-11)12(15)4-5-13/h9-11H,4-8,13H2,1-3H3/t10?,11-/m1/s1. The first-order valence-corrected chi connectivity index (χ1v) is 6.22. The molecule has 0 aromatic heterocycles. The normalized spacial score (nSPS) is 24.6. The monoisotopic (exact) mass is 244 g/mol. The average molecular weight is 244 g/mol. The van der Waals surface area contributed by atoms with E-state index in [0.29, 0.717) is 26.1 Å². The zero-order chi connectivity index (χ0) is 12.8. The number of amides is 1. The number of likely N-dealkylation sites (tertiary alicyclic amines) is 1. The highest BCUT2D eigenvalue weighted by atomic mass is 16.5. The zero-order valence-corrected chi connectivity index (χ0v) is 11.0. The van der Waals surface area contributed by atoms with Crippen LogP contribution in [0.3, 0.4) is 0 Å². The van der Waals surface area contributed by atoms with Crippen molar-refractivity contribution in [1.29, 1.82) is 0 Å². The van der Waals surface area contributed by atoms with Gasteiger partial charge in [-0.1, -0.05) is 0 Å². The second-order valence-corrected chi connectivity index (χ2v) is 4.74. The van der Waals surface area contributed by atoms with Crippen molar-refractivity contribution in [2.75, 3.05) is 26.8 Å². The second-order valence-electron chi connectivity index (χ2n) is 4.74. The van der Waals surface area contributed by atoms with Crippen molar-refractivity contribution in [3.63, 3.8) is 0 Å². The fraction of sp³-hybridized carbons (Fsp3) is 0.917. The van der Waals surface area contributed by atoms with Crippen LogP contribution in [0.1, 0.15) is 26.7 Å². The summed E-state index contributed by atoms with van der Waals surface area (Å²) in [5.41, 5.74) is 5.42. The third-order valence-electron chi connectivity index (χ3n) is 2.88. The van der Waals surface area contributed by atoms with E-state index in [-0.39, 0.29) is 24.2 Å². The van der Waals surface area contributed by atoms with E-state index in [9.17, 15) is 4.79 Å². The van der Waals surface area contributed by atoms with Crippen LogP contribution in [-0.2, 0) is 14.3 Å². The predicted octanol–water partition coefficient (Wildman–Crippen LogP) is 0.376. The average Bonchev–Trinajstić information content (AvgIpc) is 2.61. The molecule has 1 heterocycles. The highest BCUT2D eigenvalue weighted by molar-refractivity contribution is 5.77. The van der Waals surface area contributed by atoms with E-state index < -0.39 is 0 Å². The van der Waals surface area contributed by atoms with Gasteiger partial charge in [0.25, 0.3) is 0 Å². The molecule has 1 aliphatic rings. The van der Waals surface area contributed by atoms with Gasteiger partial charge in [0.05, 0.1) is 24.9 Å². The summed E-state index contributed by atoms with van der Waals surface area (Å²) in [7, 11) is 1.65. The predicted molar refractivity (Wildman–Crippen MR) is 65.7 cm³/mol. The first-order chi connectivity index (χ1) is 8.08. The molecule has 1 saturated heterocycles. The van der Waals surface area contributed by atoms with E-state index in [2.05, 4.69) is 0 Å². The number of methoxy groups -OCH3 is 1. The zero-order valence-electron chi connectivity index (χ0n) is 11.0. The van der Waals surface area contributed by atoms with E-state index in [0.717, 1.165) is 6.42 Å². The molecular formula is C12H24N2O3. The van der Waals surface area contributed by atoms with E-state index in [4.69, 9.17) is 15.2 Å². The van der Waals surface area contributed by atoms with Crippen LogP contribution in [0.4, 0.5) is 0 Å². The van der Waals surface area contributed by atoms with Gasteiger partial charge in [-0.05, 0) is 20.3 Å². The lowest BCUT2D eigenvalue weighted by molar-refractivity contribution is -0.133. The Hall–Kier alpha value is -0.650. The summed E-state index contributed by atoms with van der Waals surface area (Å²) in [6, 6.07) is 0.128. The van der Waals surface area contributed by atoms with Crippen molar-refractivity contribution < 1.29 is 14.3 Å². The van der Waals surface area contributed by atoms with Crippen molar-refractivity contribution in [3.05, 3.63) is 0 Å². The molecule has 0 aromatic carbocycles. The molecule has 0 aromatic rings. The van der Waals surface area contributed by atoms with E-state index in [1.54, 1.807) is 7.11 Å². The molecule has 0 aliphatic carbocycles. The first-order valence-electron chi connectivity index (χ1n) is 6.22. The molecule has 5 nitrogen and oxygen atoms in total. The molecular weight excluding hydrogens is 220 g/mol. The van der Waals surface area contributed by atoms with E-state index in [1.807, 2.05) is 18.7 Å². The molecule has 2 N–H and O–H groups in total. The Morgan fingerprint density at radius 1 is 1.53 bits per heavy atom. The molecule has 17 heavy (non-hydrogen) atoms. The molecule has 5 heteroatoms. The summed E-state index contributed by atoms with van der Waals surface area (Å²) in [6.07, 6.45) is 1.56. The Kier molecular flexibility index (Phi) is 5.88. The topological polar surface area (TPSA) is 64.8 Å². The minimum atomic E-state index is 0.101. The van der Waals surface area contributed by atoms with Gasteiger partial charge in [-0.3, -0.25) is 4.79 Å². The summed E-state index contributed by atoms with van der Waals surface area (Å²) in [4.78, 5) is 13.7. The fourth-order valence-electron chi connectivity index (χ4n) is 2.28. The number of nitrogens with two attached hydrogens (primary N) is 1. The quantitative estimate of drug-likeness (QED) is 0.733. The molecule has 1 rings (SSSR count). The third kappa shape index (κ3) is 4.26. The van der Waals surface area contributed by atoms with Crippen LogP contribution in [0.5, 0.6) is 0 Å². The maximum absolute atomic E-state index is 11.9. The Bertz CT molecular complexity index is 246. The number of ether oxygens (including phenoxy) is 2. The van der Waals surface area contributed by atoms with Crippen molar-refractivity contribution >= 4 is 5.91 Å². The molecule has 1 aliphatic heterocycles. The van der Waals surface area contributed by atoms with Crippen molar-refractivity contribution in [3.8, 4) is 0 Å². The lowest BCUT2D eigenvalue weighted by Crippen LogP contribution is -2.39. The molecule has 100 valence electrons. The SMILES string of the molecule is COCC1C[C@@H](OC(C)C)CN1C(=O)CCN. The maximum Gasteiger partial charge on any atom is 0.224 e. The number of rotatable bonds is 6. The molecule has 1 amide bonds. The van der Waals surface area contributed by atoms with Gasteiger partial charge >= 0.3 is 0 Å². The number of nitrogens with zero attached hydrogens (tertiary/aromatic N) is 1. The minimum absolute atomic E-state index is 0.101. The van der Waals surface area contributed by atoms with Crippen LogP contribution in [0.15, 0.2) is 0 Å². The number of carbonyl (C=O) groups excluding carboxylic acids is 1. The van der Waals surface area contributed by atoms with Crippen LogP contribution in [0, 0.1) is 0 Å². The van der Waals surface area contributed by atoms with Gasteiger partial charge in [-0.15, -0.1) is 0 Å². The third-order valence-corrected chi connectivity index (χ3v) is 2.88. The van der Waals surface area contributed by atoms with Gasteiger partial charge < -0.3 is 20.1 Å². The van der Waals surface area contributed by atoms with Gasteiger partial charge in [-0.2, -0.15) is 0 Å². The minimum Gasteiger partial charge on any atom is -0.383 e. The van der Waals surface area contributed by atoms with Crippen molar-refractivity contribution in [2.45, 2.75) is 44.9 Å². The summed E-state index contributed by atoms with van der Waals surface area (Å²) in [6.45, 7) is 5.63. The van der Waals surface area contributed by atoms with Gasteiger partial charge in [0, 0.05) is 26.6 Å². The summed E-state index contributed by atoms with van der Waals surface area (Å²) in [5, 5.41) is 0. The number of hydrogen-bond acceptors (Lipinski definition) is 4. The lowest BCUT2D eigenvalue weighted by atomic mass is 10.2. The Labute approximate surface area is 103 Å². The summed E-state index contributed by atoms with van der Waals surface area (Å²) < 4.78 is 10.9. The molecule has 1 fully saturated rings. The molecule has 0 spiro atoms. The largest absolute Gasteiger partial charge is 0.383 e. The Balaban J connectivity index is 2.56. The molecule has 1 unspecified atom stereocenters. The van der Waals surface area contributed by atoms with Crippen molar-refractivity contribution in [1.82, 2.24) is 4.90 Å². The van der Waals surface area contributed by atoms with Crippen LogP contribution in [0.25, 0.3) is 0 Å². The molecule has 2 atom stereocenters. The Morgan fingerprint density at radius 2 is 2.24 bits per heavy atom. The first kappa shape index (κ1) is 14.4. The molecule has 0 bridgehead atoms. The summed E-state index contributed by atoms with van der Waals surface area (Å²) in [5.74, 6) is 0.101. The van der Waals surface area contributed by atoms with Gasteiger partial charge in [0.1, 0.15) is 0 Å². The van der Waals surface area contributed by atoms with Crippen LogP contribution >= 0.6 is 0 Å². The highest BCUT2D eigenvalue weighted by Gasteiger charge is 2.35. The van der Waals surface area contributed by atoms with Crippen molar-refractivity contribution in [2.24, 2.45) is 5.73 Å². The second kappa shape index (κ2) is 6.93. The lowest BCUT2D eigenvalue weighted by Gasteiger charge is -2.23. The van der Waals surface area contributed by atoms with Gasteiger partial charge in [0.15, 0.2) is 0 Å². The van der Waals surface area contributed by atoms with E-state index in [1.165, 1.54) is 0 Å². The van der Waals surface area contributed by atoms with Crippen LogP contribution < -0.4 is 5.73 Å². The highest BCUT2D eigenvalue weighted by Crippen LogP contribution is 2.22. The fourth-order valence-corrected chi connectivity index (χ4v) is 2.28. The van der Waals surface area contributed by atoms with E-state index >= 15 is 0 Å². The smallest absolute Gasteiger partial charge is 0.224 e. The number of carbonyl (C=O) groups is 1. The molecule has 0 saturated carbocycles. The van der Waals surface area contributed by atoms with Gasteiger partial charge in [0.2, 0.25) is 5.91 Å². The van der Waals surface area contributed by atoms with Crippen LogP contribution in [0.2, 0.25) is 0 Å². The van der Waals surface area contributed by atoms with Gasteiger partial charge in [-0.25, -0.2) is 0 Å². The summed E-state index contributed by atoms with van der Waals surface area (Å²) >= 11 is 0. The number of hydrogen-bond donors (Lipinski definition) is 1. The molecule has 0 radical (unpaired) electrons. The van der Waals surface area contributed by atoms with Crippen LogP contribution in [-0.4, -0.2) is 55.9 Å².